The lowest BCUT2D eigenvalue weighted by Crippen LogP contribution is -2.26. The lowest BCUT2D eigenvalue weighted by atomic mass is 10.0. The van der Waals surface area contributed by atoms with Crippen molar-refractivity contribution < 1.29 is 4.58 Å². The quantitative estimate of drug-likeness (QED) is 0.553. The van der Waals surface area contributed by atoms with Crippen LogP contribution in [0.15, 0.2) is 24.3 Å². The number of hydrogen-bond donors (Lipinski definition) is 0. The Hall–Kier alpha value is -2.53. The van der Waals surface area contributed by atoms with Crippen LogP contribution in [0.25, 0.3) is 0 Å². The Labute approximate surface area is 158 Å². The van der Waals surface area contributed by atoms with Crippen molar-refractivity contribution in [3.8, 4) is 12.3 Å². The van der Waals surface area contributed by atoms with Crippen LogP contribution in [-0.2, 0) is 0 Å². The molecular formula is C24H29N2+. The molecule has 2 nitrogen and oxygen atoms in total. The van der Waals surface area contributed by atoms with E-state index in [2.05, 4.69) is 87.5 Å². The second-order valence-corrected chi connectivity index (χ2v) is 7.73. The van der Waals surface area contributed by atoms with Gasteiger partial charge in [-0.05, 0) is 63.8 Å². The third kappa shape index (κ3) is 3.27. The van der Waals surface area contributed by atoms with Gasteiger partial charge in [0.25, 0.3) is 0 Å². The molecule has 0 fully saturated rings. The van der Waals surface area contributed by atoms with Crippen LogP contribution in [0.3, 0.4) is 0 Å². The van der Waals surface area contributed by atoms with Crippen molar-refractivity contribution in [2.75, 3.05) is 11.4 Å². The lowest BCUT2D eigenvalue weighted by Gasteiger charge is -2.15. The number of terminal acetylenes is 1. The minimum atomic E-state index is 0.292. The standard InChI is InChI=1S/C24H29N2/c1-8-9-22-14-25(23-18(4)10-16(2)11-19(23)5)15-26(22)24-20(6)12-17(3)13-21(24)7/h1,10-13,15,22H,9,14H2,2-7H3/q+1. The highest BCUT2D eigenvalue weighted by molar-refractivity contribution is 5.82. The molecule has 0 N–H and O–H groups in total. The van der Waals surface area contributed by atoms with E-state index in [1.54, 1.807) is 0 Å². The molecule has 0 spiro atoms. The normalized spacial score (nSPS) is 16.6. The first-order valence-electron chi connectivity index (χ1n) is 9.31. The van der Waals surface area contributed by atoms with Crippen LogP contribution in [0.2, 0.25) is 0 Å². The number of hydrogen-bond acceptors (Lipinski definition) is 1. The molecule has 2 aromatic rings. The van der Waals surface area contributed by atoms with Crippen molar-refractivity contribution in [1.82, 2.24) is 0 Å². The molecule has 0 saturated carbocycles. The lowest BCUT2D eigenvalue weighted by molar-refractivity contribution is -0.468. The average molecular weight is 346 g/mol. The molecule has 3 rings (SSSR count). The third-order valence-corrected chi connectivity index (χ3v) is 5.23. The summed E-state index contributed by atoms with van der Waals surface area (Å²) in [6, 6.07) is 9.33. The molecule has 26 heavy (non-hydrogen) atoms. The minimum Gasteiger partial charge on any atom is -0.229 e. The molecule has 0 aliphatic carbocycles. The number of aryl methyl sites for hydroxylation is 6. The van der Waals surface area contributed by atoms with Gasteiger partial charge in [0.05, 0.1) is 6.42 Å². The zero-order valence-corrected chi connectivity index (χ0v) is 16.9. The SMILES string of the molecule is C#CCC1CN(c2c(C)cc(C)cc2C)C=[N+]1c1c(C)cc(C)cc1C. The number of nitrogens with zero attached hydrogens (tertiary/aromatic N) is 2. The van der Waals surface area contributed by atoms with Crippen molar-refractivity contribution in [3.05, 3.63) is 57.6 Å². The summed E-state index contributed by atoms with van der Waals surface area (Å²) < 4.78 is 2.39. The van der Waals surface area contributed by atoms with Crippen LogP contribution in [0.4, 0.5) is 11.4 Å². The van der Waals surface area contributed by atoms with Crippen molar-refractivity contribution in [2.45, 2.75) is 54.0 Å². The molecular weight excluding hydrogens is 316 g/mol. The maximum absolute atomic E-state index is 5.70. The van der Waals surface area contributed by atoms with Crippen LogP contribution in [-0.4, -0.2) is 23.5 Å². The molecule has 1 unspecified atom stereocenters. The van der Waals surface area contributed by atoms with Gasteiger partial charge < -0.3 is 0 Å². The van der Waals surface area contributed by atoms with E-state index in [9.17, 15) is 0 Å². The van der Waals surface area contributed by atoms with Gasteiger partial charge in [-0.15, -0.1) is 12.3 Å². The highest BCUT2D eigenvalue weighted by Crippen LogP contribution is 2.33. The summed E-state index contributed by atoms with van der Waals surface area (Å²) in [4.78, 5) is 2.38. The first-order valence-corrected chi connectivity index (χ1v) is 9.31. The second kappa shape index (κ2) is 7.00. The Kier molecular flexibility index (Phi) is 4.92. The third-order valence-electron chi connectivity index (χ3n) is 5.23. The van der Waals surface area contributed by atoms with Crippen molar-refractivity contribution in [3.63, 3.8) is 0 Å². The maximum atomic E-state index is 5.70. The summed E-state index contributed by atoms with van der Waals surface area (Å²) in [5.41, 5.74) is 10.5. The van der Waals surface area contributed by atoms with E-state index in [0.29, 0.717) is 6.04 Å². The van der Waals surface area contributed by atoms with Crippen LogP contribution in [0.1, 0.15) is 39.8 Å². The maximum Gasteiger partial charge on any atom is 0.245 e. The van der Waals surface area contributed by atoms with Gasteiger partial charge in [0, 0.05) is 0 Å². The van der Waals surface area contributed by atoms with Crippen molar-refractivity contribution in [2.24, 2.45) is 0 Å². The van der Waals surface area contributed by atoms with E-state index in [4.69, 9.17) is 6.42 Å². The highest BCUT2D eigenvalue weighted by atomic mass is 15.3. The highest BCUT2D eigenvalue weighted by Gasteiger charge is 2.35. The second-order valence-electron chi connectivity index (χ2n) is 7.73. The molecule has 1 aliphatic heterocycles. The van der Waals surface area contributed by atoms with Gasteiger partial charge >= 0.3 is 0 Å². The zero-order valence-electron chi connectivity index (χ0n) is 16.9. The number of rotatable bonds is 3. The predicted molar refractivity (Wildman–Crippen MR) is 112 cm³/mol. The molecule has 0 bridgehead atoms. The van der Waals surface area contributed by atoms with Gasteiger partial charge in [0.1, 0.15) is 24.0 Å². The minimum absolute atomic E-state index is 0.292. The van der Waals surface area contributed by atoms with Crippen molar-refractivity contribution in [1.29, 1.82) is 0 Å². The van der Waals surface area contributed by atoms with E-state index in [1.807, 2.05) is 0 Å². The Morgan fingerprint density at radius 1 is 0.923 bits per heavy atom. The molecule has 2 aromatic carbocycles. The largest absolute Gasteiger partial charge is 0.245 e. The van der Waals surface area contributed by atoms with Crippen LogP contribution in [0.5, 0.6) is 0 Å². The van der Waals surface area contributed by atoms with E-state index in [-0.39, 0.29) is 0 Å². The predicted octanol–water partition coefficient (Wildman–Crippen LogP) is 5.12. The van der Waals surface area contributed by atoms with Gasteiger partial charge in [-0.25, -0.2) is 9.48 Å². The summed E-state index contributed by atoms with van der Waals surface area (Å²) in [5, 5.41) is 0. The molecule has 1 atom stereocenters. The molecule has 0 radical (unpaired) electrons. The molecule has 0 amide bonds. The molecule has 1 heterocycles. The smallest absolute Gasteiger partial charge is 0.229 e. The Morgan fingerprint density at radius 3 is 1.92 bits per heavy atom. The number of benzene rings is 2. The van der Waals surface area contributed by atoms with E-state index in [0.717, 1.165) is 13.0 Å². The van der Waals surface area contributed by atoms with Gasteiger partial charge in [-0.1, -0.05) is 35.4 Å². The molecule has 134 valence electrons. The fourth-order valence-corrected chi connectivity index (χ4v) is 4.50. The topological polar surface area (TPSA) is 6.25 Å². The van der Waals surface area contributed by atoms with Crippen LogP contribution in [0, 0.1) is 53.9 Å². The van der Waals surface area contributed by atoms with Gasteiger partial charge in [-0.2, -0.15) is 0 Å². The molecule has 1 aliphatic rings. The van der Waals surface area contributed by atoms with Crippen molar-refractivity contribution >= 4 is 17.7 Å². The molecule has 2 heteroatoms. The van der Waals surface area contributed by atoms with E-state index >= 15 is 0 Å². The monoisotopic (exact) mass is 345 g/mol. The summed E-state index contributed by atoms with van der Waals surface area (Å²) >= 11 is 0. The van der Waals surface area contributed by atoms with Gasteiger partial charge in [0.15, 0.2) is 0 Å². The fourth-order valence-electron chi connectivity index (χ4n) is 4.50. The summed E-state index contributed by atoms with van der Waals surface area (Å²) in [7, 11) is 0. The summed E-state index contributed by atoms with van der Waals surface area (Å²) in [6.45, 7) is 14.0. The Balaban J connectivity index is 2.12. The first kappa shape index (κ1) is 18.3. The average Bonchev–Trinajstić information content (AvgIpc) is 2.89. The van der Waals surface area contributed by atoms with Gasteiger partial charge in [0.2, 0.25) is 6.34 Å². The van der Waals surface area contributed by atoms with E-state index < -0.39 is 0 Å². The molecule has 0 aromatic heterocycles. The van der Waals surface area contributed by atoms with Crippen LogP contribution >= 0.6 is 0 Å². The Morgan fingerprint density at radius 2 is 1.42 bits per heavy atom. The summed E-state index contributed by atoms with van der Waals surface area (Å²) in [6.07, 6.45) is 8.70. The zero-order chi connectivity index (χ0) is 19.0. The summed E-state index contributed by atoms with van der Waals surface area (Å²) in [5.74, 6) is 2.88. The first-order chi connectivity index (χ1) is 12.3. The fraction of sp³-hybridized carbons (Fsp3) is 0.375. The molecule has 0 saturated heterocycles. The number of anilines is 1. The van der Waals surface area contributed by atoms with Gasteiger partial charge in [-0.3, -0.25) is 0 Å². The van der Waals surface area contributed by atoms with Crippen LogP contribution < -0.4 is 4.90 Å². The van der Waals surface area contributed by atoms with E-state index in [1.165, 1.54) is 44.8 Å². The Bertz CT molecular complexity index is 882.